The van der Waals surface area contributed by atoms with Crippen LogP contribution in [0.4, 0.5) is 4.39 Å². The molecule has 0 amide bonds. The Morgan fingerprint density at radius 1 is 1.00 bits per heavy atom. The Labute approximate surface area is 270 Å². The highest BCUT2D eigenvalue weighted by Crippen LogP contribution is 2.36. The van der Waals surface area contributed by atoms with Crippen LogP contribution < -0.4 is 33.8 Å². The summed E-state index contributed by atoms with van der Waals surface area (Å²) < 4.78 is 44.6. The first-order valence-electron chi connectivity index (χ1n) is 14.0. The zero-order chi connectivity index (χ0) is 32.1. The van der Waals surface area contributed by atoms with Crippen molar-refractivity contribution in [2.75, 3.05) is 27.4 Å². The summed E-state index contributed by atoms with van der Waals surface area (Å²) >= 11 is 4.75. The molecule has 5 rings (SSSR count). The van der Waals surface area contributed by atoms with Gasteiger partial charge in [0.15, 0.2) is 27.8 Å². The lowest BCUT2D eigenvalue weighted by molar-refractivity contribution is -0.136. The van der Waals surface area contributed by atoms with Gasteiger partial charge in [-0.2, -0.15) is 0 Å². The molecule has 0 N–H and O–H groups in total. The number of rotatable bonds is 11. The second-order valence-corrected chi connectivity index (χ2v) is 11.5. The highest BCUT2D eigenvalue weighted by Gasteiger charge is 2.31. The first-order valence-corrected chi connectivity index (χ1v) is 15.6. The van der Waals surface area contributed by atoms with Gasteiger partial charge in [-0.05, 0) is 61.4 Å². The fourth-order valence-corrected chi connectivity index (χ4v) is 6.23. The van der Waals surface area contributed by atoms with Crippen molar-refractivity contribution in [3.05, 3.63) is 113 Å². The summed E-state index contributed by atoms with van der Waals surface area (Å²) in [6.45, 7) is 4.59. The van der Waals surface area contributed by atoms with Gasteiger partial charge in [-0.1, -0.05) is 51.5 Å². The predicted molar refractivity (Wildman–Crippen MR) is 171 cm³/mol. The van der Waals surface area contributed by atoms with Crippen LogP contribution in [0.2, 0.25) is 0 Å². The van der Waals surface area contributed by atoms with Crippen LogP contribution in [0.3, 0.4) is 0 Å². The zero-order valence-corrected chi connectivity index (χ0v) is 27.4. The lowest BCUT2D eigenvalue weighted by atomic mass is 9.97. The predicted octanol–water partition coefficient (Wildman–Crippen LogP) is 5.30. The number of hydrogen-bond donors (Lipinski definition) is 0. The van der Waals surface area contributed by atoms with E-state index in [1.165, 1.54) is 42.4 Å². The fraction of sp³-hybridized carbons (Fsp3) is 0.242. The average Bonchev–Trinajstić information content (AvgIpc) is 3.36. The van der Waals surface area contributed by atoms with E-state index in [0.29, 0.717) is 66.7 Å². The summed E-state index contributed by atoms with van der Waals surface area (Å²) in [4.78, 5) is 31.7. The van der Waals surface area contributed by atoms with Crippen molar-refractivity contribution in [2.24, 2.45) is 4.99 Å². The van der Waals surface area contributed by atoms with Crippen molar-refractivity contribution in [1.29, 1.82) is 0 Å². The topological polar surface area (TPSA) is 97.6 Å². The molecule has 234 valence electrons. The van der Waals surface area contributed by atoms with Crippen molar-refractivity contribution >= 4 is 39.3 Å². The molecular weight excluding hydrogens is 667 g/mol. The monoisotopic (exact) mass is 696 g/mol. The quantitative estimate of drug-likeness (QED) is 0.196. The third-order valence-electron chi connectivity index (χ3n) is 6.92. The molecular formula is C33H30BrFN2O7S. The van der Waals surface area contributed by atoms with Crippen LogP contribution in [0.5, 0.6) is 23.0 Å². The highest BCUT2D eigenvalue weighted by atomic mass is 79.9. The van der Waals surface area contributed by atoms with E-state index in [1.54, 1.807) is 54.6 Å². The van der Waals surface area contributed by atoms with Gasteiger partial charge in [0.25, 0.3) is 5.56 Å². The van der Waals surface area contributed by atoms with E-state index in [-0.39, 0.29) is 23.6 Å². The molecule has 4 aromatic rings. The second kappa shape index (κ2) is 14.1. The summed E-state index contributed by atoms with van der Waals surface area (Å²) in [6.07, 6.45) is 3.14. The Hall–Kier alpha value is -4.42. The van der Waals surface area contributed by atoms with Gasteiger partial charge < -0.3 is 23.7 Å². The molecule has 12 heteroatoms. The van der Waals surface area contributed by atoms with Crippen LogP contribution in [-0.2, 0) is 16.1 Å². The molecule has 0 aliphatic carbocycles. The van der Waals surface area contributed by atoms with Gasteiger partial charge in [0, 0.05) is 16.2 Å². The maximum Gasteiger partial charge on any atom is 0.337 e. The number of aromatic nitrogens is 1. The number of thiazole rings is 1. The minimum absolute atomic E-state index is 0.00645. The number of esters is 1. The molecule has 0 saturated heterocycles. The van der Waals surface area contributed by atoms with Gasteiger partial charge in [0.05, 0.1) is 43.6 Å². The van der Waals surface area contributed by atoms with Crippen LogP contribution >= 0.6 is 27.3 Å². The Balaban J connectivity index is 1.57. The van der Waals surface area contributed by atoms with Crippen molar-refractivity contribution in [2.45, 2.75) is 26.5 Å². The van der Waals surface area contributed by atoms with Gasteiger partial charge in [0.2, 0.25) is 0 Å². The summed E-state index contributed by atoms with van der Waals surface area (Å²) in [7, 11) is 2.78. The van der Waals surface area contributed by atoms with E-state index in [4.69, 9.17) is 23.7 Å². The number of carbonyl (C=O) groups excluding carboxylic acids is 1. The van der Waals surface area contributed by atoms with Crippen LogP contribution in [0, 0.1) is 5.82 Å². The molecule has 3 aromatic carbocycles. The lowest BCUT2D eigenvalue weighted by Crippen LogP contribution is -2.39. The number of fused-ring (bicyclic) bond motifs is 1. The molecule has 0 fully saturated rings. The number of carbonyl (C=O) groups is 1. The third-order valence-corrected chi connectivity index (χ3v) is 8.60. The number of hydrogen-bond acceptors (Lipinski definition) is 9. The molecule has 0 saturated carbocycles. The summed E-state index contributed by atoms with van der Waals surface area (Å²) in [6, 6.07) is 14.3. The standard InChI is InChI=1S/C33H30BrFN2O7S/c1-5-42-25-12-11-19(13-27(25)43-6-2)30-22(32(39)41-4)17-36-33-37(30)31(38)29(45-33)15-21-14-26(40-3)28(16-23(21)34)44-18-20-9-7-8-10-24(20)35/h7-17,30H,5-6,18H2,1-4H3/b29-15-/t30-/m1/s1. The largest absolute Gasteiger partial charge is 0.493 e. The first-order chi connectivity index (χ1) is 21.8. The average molecular weight is 698 g/mol. The number of benzene rings is 3. The SMILES string of the molecule is CCOc1ccc([C@@H]2C(C(=O)OC)=CN=c3s/c(=C\c4cc(OC)c(OCc5ccccc5F)cc4Br)c(=O)n32)cc1OCC. The molecule has 2 heterocycles. The normalized spacial score (nSPS) is 14.2. The van der Waals surface area contributed by atoms with Crippen molar-refractivity contribution < 1.29 is 32.9 Å². The zero-order valence-electron chi connectivity index (χ0n) is 25.0. The minimum atomic E-state index is -0.821. The van der Waals surface area contributed by atoms with E-state index in [2.05, 4.69) is 20.9 Å². The van der Waals surface area contributed by atoms with E-state index < -0.39 is 12.0 Å². The van der Waals surface area contributed by atoms with Crippen LogP contribution in [-0.4, -0.2) is 38.0 Å². The second-order valence-electron chi connectivity index (χ2n) is 9.65. The van der Waals surface area contributed by atoms with Gasteiger partial charge >= 0.3 is 5.97 Å². The first kappa shape index (κ1) is 32.0. The van der Waals surface area contributed by atoms with Gasteiger partial charge in [-0.25, -0.2) is 14.2 Å². The highest BCUT2D eigenvalue weighted by molar-refractivity contribution is 9.10. The van der Waals surface area contributed by atoms with Crippen LogP contribution in [0.15, 0.2) is 80.6 Å². The molecule has 1 aliphatic heterocycles. The molecule has 45 heavy (non-hydrogen) atoms. The molecule has 0 radical (unpaired) electrons. The van der Waals surface area contributed by atoms with Crippen molar-refractivity contribution in [1.82, 2.24) is 4.57 Å². The lowest BCUT2D eigenvalue weighted by Gasteiger charge is -2.23. The Kier molecular flexibility index (Phi) is 10.0. The van der Waals surface area contributed by atoms with Crippen LogP contribution in [0.25, 0.3) is 6.08 Å². The molecule has 1 atom stereocenters. The van der Waals surface area contributed by atoms with Gasteiger partial charge in [-0.15, -0.1) is 0 Å². The molecule has 0 unspecified atom stereocenters. The van der Waals surface area contributed by atoms with Crippen molar-refractivity contribution in [3.8, 4) is 23.0 Å². The minimum Gasteiger partial charge on any atom is -0.493 e. The number of halogens is 2. The smallest absolute Gasteiger partial charge is 0.337 e. The number of ether oxygens (including phenoxy) is 5. The van der Waals surface area contributed by atoms with Gasteiger partial charge in [-0.3, -0.25) is 9.36 Å². The fourth-order valence-electron chi connectivity index (χ4n) is 4.83. The summed E-state index contributed by atoms with van der Waals surface area (Å²) in [5, 5.41) is 0. The third kappa shape index (κ3) is 6.66. The van der Waals surface area contributed by atoms with Crippen molar-refractivity contribution in [3.63, 3.8) is 0 Å². The van der Waals surface area contributed by atoms with Gasteiger partial charge in [0.1, 0.15) is 12.4 Å². The Morgan fingerprint density at radius 3 is 2.44 bits per heavy atom. The molecule has 1 aliphatic rings. The van der Waals surface area contributed by atoms with E-state index >= 15 is 0 Å². The molecule has 0 spiro atoms. The summed E-state index contributed by atoms with van der Waals surface area (Å²) in [5.74, 6) is 0.874. The molecule has 1 aromatic heterocycles. The maximum absolute atomic E-state index is 14.1. The van der Waals surface area contributed by atoms with Crippen LogP contribution in [0.1, 0.15) is 36.6 Å². The summed E-state index contributed by atoms with van der Waals surface area (Å²) in [5.41, 5.74) is 1.51. The van der Waals surface area contributed by atoms with E-state index in [9.17, 15) is 14.0 Å². The van der Waals surface area contributed by atoms with E-state index in [0.717, 1.165) is 0 Å². The maximum atomic E-state index is 14.1. The Bertz CT molecular complexity index is 1950. The molecule has 9 nitrogen and oxygen atoms in total. The molecule has 0 bridgehead atoms. The Morgan fingerprint density at radius 2 is 1.73 bits per heavy atom. The van der Waals surface area contributed by atoms with E-state index in [1.807, 2.05) is 13.8 Å². The number of methoxy groups -OCH3 is 2. The number of nitrogens with zero attached hydrogens (tertiary/aromatic N) is 2.